The molecule has 1 aliphatic rings. The smallest absolute Gasteiger partial charge is 0.346 e. The molecule has 1 aromatic heterocycles. The Bertz CT molecular complexity index is 643. The molecule has 1 saturated carbocycles. The van der Waals surface area contributed by atoms with Gasteiger partial charge in [0.15, 0.2) is 0 Å². The zero-order valence-electron chi connectivity index (χ0n) is 12.3. The van der Waals surface area contributed by atoms with Crippen LogP contribution in [0.2, 0.25) is 0 Å². The Hall–Kier alpha value is -1.39. The molecule has 112 valence electrons. The molecule has 0 saturated heterocycles. The molecule has 1 N–H and O–H groups in total. The van der Waals surface area contributed by atoms with E-state index in [0.717, 1.165) is 34.7 Å². The first-order valence-electron chi connectivity index (χ1n) is 7.57. The summed E-state index contributed by atoms with van der Waals surface area (Å²) in [4.78, 5) is 14.3. The molecule has 0 spiro atoms. The molecule has 1 fully saturated rings. The summed E-state index contributed by atoms with van der Waals surface area (Å²) in [5.41, 5.74) is 0.976. The largest absolute Gasteiger partial charge is 0.477 e. The lowest BCUT2D eigenvalue weighted by Crippen LogP contribution is -2.24. The van der Waals surface area contributed by atoms with E-state index < -0.39 is 5.97 Å². The highest BCUT2D eigenvalue weighted by molar-refractivity contribution is 7.21. The molecule has 3 nitrogen and oxygen atoms in total. The van der Waals surface area contributed by atoms with Crippen molar-refractivity contribution in [3.8, 4) is 0 Å². The third kappa shape index (κ3) is 3.11. The molecule has 0 unspecified atom stereocenters. The molecule has 3 rings (SSSR count). The second-order valence-corrected chi connectivity index (χ2v) is 7.11. The van der Waals surface area contributed by atoms with Gasteiger partial charge in [0.1, 0.15) is 4.88 Å². The molecule has 4 heteroatoms. The molecule has 0 radical (unpaired) electrons. The fourth-order valence-electron chi connectivity index (χ4n) is 3.40. The SMILES string of the molecule is CN(Cc1c(C(=O)O)sc2ccccc12)CC1CCCC1. The van der Waals surface area contributed by atoms with Crippen molar-refractivity contribution in [1.82, 2.24) is 4.90 Å². The second kappa shape index (κ2) is 6.16. The predicted molar refractivity (Wildman–Crippen MR) is 87.1 cm³/mol. The van der Waals surface area contributed by atoms with Crippen LogP contribution in [0.3, 0.4) is 0 Å². The van der Waals surface area contributed by atoms with Gasteiger partial charge in [-0.3, -0.25) is 0 Å². The van der Waals surface area contributed by atoms with Crippen molar-refractivity contribution in [3.63, 3.8) is 0 Å². The van der Waals surface area contributed by atoms with Crippen molar-refractivity contribution >= 4 is 27.4 Å². The number of hydrogen-bond donors (Lipinski definition) is 1. The Morgan fingerprint density at radius 1 is 1.33 bits per heavy atom. The molecule has 1 aliphatic carbocycles. The highest BCUT2D eigenvalue weighted by Crippen LogP contribution is 2.33. The number of aromatic carboxylic acids is 1. The van der Waals surface area contributed by atoms with E-state index in [9.17, 15) is 9.90 Å². The number of benzene rings is 1. The number of fused-ring (bicyclic) bond motifs is 1. The van der Waals surface area contributed by atoms with Crippen LogP contribution in [0.4, 0.5) is 0 Å². The van der Waals surface area contributed by atoms with Gasteiger partial charge in [0.2, 0.25) is 0 Å². The van der Waals surface area contributed by atoms with Crippen LogP contribution in [0.1, 0.15) is 40.9 Å². The third-order valence-electron chi connectivity index (χ3n) is 4.37. The Balaban J connectivity index is 1.84. The van der Waals surface area contributed by atoms with Crippen LogP contribution < -0.4 is 0 Å². The number of thiophene rings is 1. The zero-order valence-corrected chi connectivity index (χ0v) is 13.2. The lowest BCUT2D eigenvalue weighted by molar-refractivity contribution is 0.0700. The molecule has 1 heterocycles. The van der Waals surface area contributed by atoms with E-state index in [1.54, 1.807) is 0 Å². The van der Waals surface area contributed by atoms with Crippen molar-refractivity contribution < 1.29 is 9.90 Å². The Morgan fingerprint density at radius 2 is 2.05 bits per heavy atom. The molecule has 0 bridgehead atoms. The standard InChI is InChI=1S/C17H21NO2S/c1-18(10-12-6-2-3-7-12)11-14-13-8-4-5-9-15(13)21-16(14)17(19)20/h4-5,8-9,12H,2-3,6-7,10-11H2,1H3,(H,19,20). The van der Waals surface area contributed by atoms with E-state index in [0.29, 0.717) is 4.88 Å². The molecule has 0 atom stereocenters. The highest BCUT2D eigenvalue weighted by Gasteiger charge is 2.21. The molecule has 21 heavy (non-hydrogen) atoms. The quantitative estimate of drug-likeness (QED) is 0.899. The number of carboxylic acid groups (broad SMARTS) is 1. The van der Waals surface area contributed by atoms with Crippen LogP contribution in [0.15, 0.2) is 24.3 Å². The Kier molecular flexibility index (Phi) is 4.27. The summed E-state index contributed by atoms with van der Waals surface area (Å²) in [6, 6.07) is 8.00. The summed E-state index contributed by atoms with van der Waals surface area (Å²) in [7, 11) is 2.11. The van der Waals surface area contributed by atoms with E-state index in [4.69, 9.17) is 0 Å². The van der Waals surface area contributed by atoms with Gasteiger partial charge in [-0.1, -0.05) is 31.0 Å². The van der Waals surface area contributed by atoms with Crippen LogP contribution in [0.5, 0.6) is 0 Å². The molecular weight excluding hydrogens is 282 g/mol. The van der Waals surface area contributed by atoms with E-state index >= 15 is 0 Å². The molecule has 0 aliphatic heterocycles. The number of hydrogen-bond acceptors (Lipinski definition) is 3. The maximum atomic E-state index is 11.5. The van der Waals surface area contributed by atoms with Crippen LogP contribution in [-0.4, -0.2) is 29.6 Å². The normalized spacial score (nSPS) is 16.1. The second-order valence-electron chi connectivity index (χ2n) is 6.06. The molecule has 2 aromatic rings. The summed E-state index contributed by atoms with van der Waals surface area (Å²) >= 11 is 1.39. The minimum absolute atomic E-state index is 0.495. The van der Waals surface area contributed by atoms with Gasteiger partial charge in [0.25, 0.3) is 0 Å². The summed E-state index contributed by atoms with van der Waals surface area (Å²) < 4.78 is 1.07. The van der Waals surface area contributed by atoms with Gasteiger partial charge in [0, 0.05) is 17.8 Å². The van der Waals surface area contributed by atoms with Gasteiger partial charge >= 0.3 is 5.97 Å². The van der Waals surface area contributed by atoms with Crippen LogP contribution in [0, 0.1) is 5.92 Å². The zero-order chi connectivity index (χ0) is 14.8. The van der Waals surface area contributed by atoms with Gasteiger partial charge < -0.3 is 10.0 Å². The summed E-state index contributed by atoms with van der Waals surface area (Å²) in [5, 5.41) is 10.6. The molecular formula is C17H21NO2S. The molecule has 1 aromatic carbocycles. The lowest BCUT2D eigenvalue weighted by Gasteiger charge is -2.21. The van der Waals surface area contributed by atoms with E-state index in [1.165, 1.54) is 37.0 Å². The maximum Gasteiger partial charge on any atom is 0.346 e. The Labute approximate surface area is 129 Å². The van der Waals surface area contributed by atoms with Gasteiger partial charge in [-0.25, -0.2) is 4.79 Å². The van der Waals surface area contributed by atoms with Crippen molar-refractivity contribution in [1.29, 1.82) is 0 Å². The minimum atomic E-state index is -0.805. The van der Waals surface area contributed by atoms with Crippen LogP contribution in [-0.2, 0) is 6.54 Å². The van der Waals surface area contributed by atoms with E-state index in [1.807, 2.05) is 24.3 Å². The summed E-state index contributed by atoms with van der Waals surface area (Å²) in [6.07, 6.45) is 5.33. The monoisotopic (exact) mass is 303 g/mol. The van der Waals surface area contributed by atoms with Crippen molar-refractivity contribution in [2.75, 3.05) is 13.6 Å². The lowest BCUT2D eigenvalue weighted by atomic mass is 10.1. The van der Waals surface area contributed by atoms with Crippen molar-refractivity contribution in [2.24, 2.45) is 5.92 Å². The van der Waals surface area contributed by atoms with Crippen molar-refractivity contribution in [3.05, 3.63) is 34.7 Å². The number of carbonyl (C=O) groups is 1. The van der Waals surface area contributed by atoms with Gasteiger partial charge in [-0.05, 0) is 42.8 Å². The fraction of sp³-hybridized carbons (Fsp3) is 0.471. The summed E-state index contributed by atoms with van der Waals surface area (Å²) in [6.45, 7) is 1.80. The topological polar surface area (TPSA) is 40.5 Å². The van der Waals surface area contributed by atoms with Crippen LogP contribution in [0.25, 0.3) is 10.1 Å². The van der Waals surface area contributed by atoms with Crippen molar-refractivity contribution in [2.45, 2.75) is 32.2 Å². The number of rotatable bonds is 5. The first kappa shape index (κ1) is 14.5. The minimum Gasteiger partial charge on any atom is -0.477 e. The van der Waals surface area contributed by atoms with Gasteiger partial charge in [-0.15, -0.1) is 11.3 Å². The summed E-state index contributed by atoms with van der Waals surface area (Å²) in [5.74, 6) is -0.0198. The molecule has 0 amide bonds. The van der Waals surface area contributed by atoms with E-state index in [-0.39, 0.29) is 0 Å². The fourth-order valence-corrected chi connectivity index (χ4v) is 4.45. The van der Waals surface area contributed by atoms with Crippen LogP contribution >= 0.6 is 11.3 Å². The Morgan fingerprint density at radius 3 is 2.76 bits per heavy atom. The average Bonchev–Trinajstić information content (AvgIpc) is 3.07. The average molecular weight is 303 g/mol. The third-order valence-corrected chi connectivity index (χ3v) is 5.57. The number of carboxylic acids is 1. The van der Waals surface area contributed by atoms with Gasteiger partial charge in [-0.2, -0.15) is 0 Å². The van der Waals surface area contributed by atoms with E-state index in [2.05, 4.69) is 11.9 Å². The van der Waals surface area contributed by atoms with Gasteiger partial charge in [0.05, 0.1) is 0 Å². The predicted octanol–water partition coefficient (Wildman–Crippen LogP) is 4.22. The first-order valence-corrected chi connectivity index (χ1v) is 8.39. The first-order chi connectivity index (χ1) is 10.1. The highest BCUT2D eigenvalue weighted by atomic mass is 32.1. The maximum absolute atomic E-state index is 11.5. The number of nitrogens with zero attached hydrogens (tertiary/aromatic N) is 1.